The number of H-pyrrole nitrogens is 1. The highest BCUT2D eigenvalue weighted by molar-refractivity contribution is 5.79. The quantitative estimate of drug-likeness (QED) is 0.589. The summed E-state index contributed by atoms with van der Waals surface area (Å²) in [6.45, 7) is 5.66. The molecule has 2 aromatic heterocycles. The summed E-state index contributed by atoms with van der Waals surface area (Å²) in [4.78, 5) is 28.9. The molecule has 1 saturated carbocycles. The molecule has 0 spiro atoms. The number of amides is 1. The van der Waals surface area contributed by atoms with E-state index < -0.39 is 0 Å². The first-order valence-corrected chi connectivity index (χ1v) is 11.1. The zero-order valence-electron chi connectivity index (χ0n) is 19.0. The Morgan fingerprint density at radius 2 is 2.00 bits per heavy atom. The summed E-state index contributed by atoms with van der Waals surface area (Å²) in [6.07, 6.45) is 4.98. The first-order valence-electron chi connectivity index (χ1n) is 11.1. The van der Waals surface area contributed by atoms with Gasteiger partial charge in [0.25, 0.3) is 5.56 Å². The van der Waals surface area contributed by atoms with Crippen LogP contribution in [0.1, 0.15) is 61.2 Å². The SMILES string of the molecule is COc1cc(C(C)NC(=O)Cc2c(C)nc3cc(=O)[nH]n3c2C)ccc1OC1CCCC1. The van der Waals surface area contributed by atoms with Crippen LogP contribution in [0.4, 0.5) is 0 Å². The largest absolute Gasteiger partial charge is 0.493 e. The predicted molar refractivity (Wildman–Crippen MR) is 121 cm³/mol. The Morgan fingerprint density at radius 3 is 2.72 bits per heavy atom. The fourth-order valence-electron chi connectivity index (χ4n) is 4.38. The molecule has 0 aliphatic heterocycles. The van der Waals surface area contributed by atoms with Crippen LogP contribution in [0.5, 0.6) is 11.5 Å². The Bertz CT molecular complexity index is 1190. The average molecular weight is 439 g/mol. The Morgan fingerprint density at radius 1 is 1.25 bits per heavy atom. The second-order valence-electron chi connectivity index (χ2n) is 8.48. The van der Waals surface area contributed by atoms with Crippen LogP contribution in [0, 0.1) is 13.8 Å². The number of nitrogens with zero attached hydrogens (tertiary/aromatic N) is 2. The van der Waals surface area contributed by atoms with E-state index in [9.17, 15) is 9.59 Å². The first-order chi connectivity index (χ1) is 15.4. The number of aromatic amines is 1. The van der Waals surface area contributed by atoms with Gasteiger partial charge in [-0.3, -0.25) is 14.7 Å². The maximum Gasteiger partial charge on any atom is 0.266 e. The summed E-state index contributed by atoms with van der Waals surface area (Å²) in [6, 6.07) is 7.04. The number of aromatic nitrogens is 3. The van der Waals surface area contributed by atoms with Gasteiger partial charge in [0.1, 0.15) is 0 Å². The van der Waals surface area contributed by atoms with E-state index in [1.165, 1.54) is 18.9 Å². The average Bonchev–Trinajstić information content (AvgIpc) is 3.40. The van der Waals surface area contributed by atoms with E-state index in [0.717, 1.165) is 41.1 Å². The number of methoxy groups -OCH3 is 1. The van der Waals surface area contributed by atoms with Crippen LogP contribution in [0.2, 0.25) is 0 Å². The van der Waals surface area contributed by atoms with Gasteiger partial charge >= 0.3 is 0 Å². The molecule has 1 atom stereocenters. The molecule has 0 saturated heterocycles. The zero-order chi connectivity index (χ0) is 22.8. The van der Waals surface area contributed by atoms with Crippen molar-refractivity contribution in [3.05, 3.63) is 57.1 Å². The maximum atomic E-state index is 12.8. The van der Waals surface area contributed by atoms with Crippen molar-refractivity contribution < 1.29 is 14.3 Å². The van der Waals surface area contributed by atoms with Gasteiger partial charge in [0.05, 0.1) is 25.7 Å². The van der Waals surface area contributed by atoms with Crippen LogP contribution in [0.25, 0.3) is 5.65 Å². The number of nitrogens with one attached hydrogen (secondary N) is 2. The van der Waals surface area contributed by atoms with Crippen molar-refractivity contribution in [3.63, 3.8) is 0 Å². The van der Waals surface area contributed by atoms with Crippen molar-refractivity contribution >= 4 is 11.6 Å². The van der Waals surface area contributed by atoms with Gasteiger partial charge in [-0.25, -0.2) is 9.50 Å². The molecule has 1 aliphatic rings. The second-order valence-corrected chi connectivity index (χ2v) is 8.48. The van der Waals surface area contributed by atoms with Gasteiger partial charge in [-0.15, -0.1) is 0 Å². The number of carbonyl (C=O) groups excluding carboxylic acids is 1. The van der Waals surface area contributed by atoms with Crippen molar-refractivity contribution in [1.29, 1.82) is 0 Å². The third-order valence-electron chi connectivity index (χ3n) is 6.20. The van der Waals surface area contributed by atoms with Crippen molar-refractivity contribution in [3.8, 4) is 11.5 Å². The Kier molecular flexibility index (Phi) is 6.21. The lowest BCUT2D eigenvalue weighted by Crippen LogP contribution is -2.29. The molecule has 0 radical (unpaired) electrons. The van der Waals surface area contributed by atoms with E-state index in [2.05, 4.69) is 15.4 Å². The number of rotatable bonds is 7. The van der Waals surface area contributed by atoms with Crippen molar-refractivity contribution in [2.24, 2.45) is 0 Å². The third kappa shape index (κ3) is 4.49. The van der Waals surface area contributed by atoms with Gasteiger partial charge in [0.15, 0.2) is 17.1 Å². The van der Waals surface area contributed by atoms with Gasteiger partial charge in [-0.2, -0.15) is 0 Å². The predicted octanol–water partition coefficient (Wildman–Crippen LogP) is 3.39. The van der Waals surface area contributed by atoms with E-state index in [0.29, 0.717) is 11.4 Å². The number of ether oxygens (including phenoxy) is 2. The van der Waals surface area contributed by atoms with E-state index in [-0.39, 0.29) is 30.0 Å². The monoisotopic (exact) mass is 438 g/mol. The minimum absolute atomic E-state index is 0.121. The molecule has 0 bridgehead atoms. The van der Waals surface area contributed by atoms with Crippen LogP contribution >= 0.6 is 0 Å². The van der Waals surface area contributed by atoms with E-state index in [1.54, 1.807) is 11.6 Å². The molecule has 1 aromatic carbocycles. The number of benzene rings is 1. The topological polar surface area (TPSA) is 97.7 Å². The van der Waals surface area contributed by atoms with E-state index in [4.69, 9.17) is 9.47 Å². The molecule has 4 rings (SSSR count). The minimum atomic E-state index is -0.218. The molecule has 1 aliphatic carbocycles. The van der Waals surface area contributed by atoms with Crippen molar-refractivity contribution in [2.45, 2.75) is 65.0 Å². The second kappa shape index (κ2) is 9.06. The molecule has 32 heavy (non-hydrogen) atoms. The molecular weight excluding hydrogens is 408 g/mol. The van der Waals surface area contributed by atoms with Gasteiger partial charge in [-0.05, 0) is 64.2 Å². The number of hydrogen-bond acceptors (Lipinski definition) is 5. The normalized spacial score (nSPS) is 15.1. The number of fused-ring (bicyclic) bond motifs is 1. The summed E-state index contributed by atoms with van der Waals surface area (Å²) in [5.74, 6) is 1.30. The van der Waals surface area contributed by atoms with Crippen LogP contribution < -0.4 is 20.3 Å². The molecular formula is C24H30N4O4. The molecule has 170 valence electrons. The molecule has 1 unspecified atom stereocenters. The lowest BCUT2D eigenvalue weighted by molar-refractivity contribution is -0.121. The van der Waals surface area contributed by atoms with E-state index in [1.807, 2.05) is 39.0 Å². The minimum Gasteiger partial charge on any atom is -0.493 e. The van der Waals surface area contributed by atoms with Gasteiger partial charge in [-0.1, -0.05) is 6.07 Å². The molecule has 8 nitrogen and oxygen atoms in total. The molecule has 2 N–H and O–H groups in total. The Balaban J connectivity index is 1.46. The number of carbonyl (C=O) groups is 1. The van der Waals surface area contributed by atoms with Crippen molar-refractivity contribution in [2.75, 3.05) is 7.11 Å². The summed E-state index contributed by atoms with van der Waals surface area (Å²) >= 11 is 0. The van der Waals surface area contributed by atoms with Crippen LogP contribution in [0.15, 0.2) is 29.1 Å². The lowest BCUT2D eigenvalue weighted by Gasteiger charge is -2.19. The van der Waals surface area contributed by atoms with Gasteiger partial charge in [0.2, 0.25) is 5.91 Å². The Labute approximate surface area is 186 Å². The molecule has 2 heterocycles. The van der Waals surface area contributed by atoms with Crippen LogP contribution in [-0.4, -0.2) is 33.7 Å². The number of aryl methyl sites for hydroxylation is 2. The lowest BCUT2D eigenvalue weighted by atomic mass is 10.1. The smallest absolute Gasteiger partial charge is 0.266 e. The summed E-state index contributed by atoms with van der Waals surface area (Å²) in [5.41, 5.74) is 3.60. The highest BCUT2D eigenvalue weighted by Crippen LogP contribution is 2.33. The van der Waals surface area contributed by atoms with Crippen LogP contribution in [0.3, 0.4) is 0 Å². The maximum absolute atomic E-state index is 12.8. The Hall–Kier alpha value is -3.29. The summed E-state index contributed by atoms with van der Waals surface area (Å²) < 4.78 is 13.3. The molecule has 8 heteroatoms. The summed E-state index contributed by atoms with van der Waals surface area (Å²) in [7, 11) is 1.63. The highest BCUT2D eigenvalue weighted by atomic mass is 16.5. The summed E-state index contributed by atoms with van der Waals surface area (Å²) in [5, 5.41) is 5.77. The highest BCUT2D eigenvalue weighted by Gasteiger charge is 2.20. The van der Waals surface area contributed by atoms with E-state index >= 15 is 0 Å². The third-order valence-corrected chi connectivity index (χ3v) is 6.20. The van der Waals surface area contributed by atoms with Crippen molar-refractivity contribution in [1.82, 2.24) is 19.9 Å². The fourth-order valence-corrected chi connectivity index (χ4v) is 4.38. The van der Waals surface area contributed by atoms with Gasteiger partial charge < -0.3 is 14.8 Å². The molecule has 3 aromatic rings. The fraction of sp³-hybridized carbons (Fsp3) is 0.458. The standard InChI is InChI=1S/C24H30N4O4/c1-14(17-9-10-20(21(11-17)31-4)32-18-7-5-6-8-18)26-23(29)12-19-15(2)25-22-13-24(30)27-28(22)16(19)3/h9-11,13-14,18H,5-8,12H2,1-4H3,(H,26,29)(H,27,30). The first kappa shape index (κ1) is 21.9. The number of hydrogen-bond donors (Lipinski definition) is 2. The molecule has 1 amide bonds. The molecule has 1 fully saturated rings. The van der Waals surface area contributed by atoms with Gasteiger partial charge in [0, 0.05) is 23.0 Å². The van der Waals surface area contributed by atoms with Crippen LogP contribution in [-0.2, 0) is 11.2 Å². The zero-order valence-corrected chi connectivity index (χ0v) is 19.0.